The van der Waals surface area contributed by atoms with Gasteiger partial charge in [-0.15, -0.1) is 0 Å². The van der Waals surface area contributed by atoms with Crippen molar-refractivity contribution in [2.75, 3.05) is 5.88 Å². The number of aliphatic imine (C=N–C) groups is 1. The van der Waals surface area contributed by atoms with Gasteiger partial charge < -0.3 is 0 Å². The van der Waals surface area contributed by atoms with Crippen LogP contribution in [0.2, 0.25) is 0 Å². The Labute approximate surface area is 45.4 Å². The third kappa shape index (κ3) is 0.786. The molecule has 0 saturated carbocycles. The molecule has 34 valence electrons. The molecule has 4 heteroatoms. The molecular formula is C2H3ClN2S. The van der Waals surface area contributed by atoms with E-state index in [4.69, 9.17) is 11.8 Å². The lowest BCUT2D eigenvalue weighted by Crippen LogP contribution is -1.87. The zero-order chi connectivity index (χ0) is 4.41. The SMILES string of the molecule is ClN1C=NCS1. The Morgan fingerprint density at radius 1 is 2.00 bits per heavy atom. The maximum absolute atomic E-state index is 5.36. The highest BCUT2D eigenvalue weighted by Crippen LogP contribution is 2.14. The molecule has 0 aromatic carbocycles. The molecule has 0 amide bonds. The van der Waals surface area contributed by atoms with E-state index in [0.29, 0.717) is 0 Å². The molecule has 0 aromatic rings. The van der Waals surface area contributed by atoms with Crippen LogP contribution in [0.5, 0.6) is 0 Å². The molecule has 6 heavy (non-hydrogen) atoms. The van der Waals surface area contributed by atoms with Crippen LogP contribution in [0.25, 0.3) is 0 Å². The lowest BCUT2D eigenvalue weighted by Gasteiger charge is -1.92. The van der Waals surface area contributed by atoms with Gasteiger partial charge in [0.2, 0.25) is 0 Å². The summed E-state index contributed by atoms with van der Waals surface area (Å²) in [5.41, 5.74) is 0. The van der Waals surface area contributed by atoms with Crippen LogP contribution < -0.4 is 0 Å². The van der Waals surface area contributed by atoms with E-state index in [2.05, 4.69) is 4.99 Å². The van der Waals surface area contributed by atoms with E-state index in [1.807, 2.05) is 0 Å². The third-order valence-electron chi connectivity index (χ3n) is 0.428. The van der Waals surface area contributed by atoms with Gasteiger partial charge in [0, 0.05) is 11.8 Å². The third-order valence-corrected chi connectivity index (χ3v) is 1.41. The second-order valence-electron chi connectivity index (χ2n) is 0.828. The molecule has 0 aliphatic carbocycles. The van der Waals surface area contributed by atoms with Gasteiger partial charge >= 0.3 is 0 Å². The minimum atomic E-state index is 0.767. The van der Waals surface area contributed by atoms with E-state index in [0.717, 1.165) is 5.88 Å². The van der Waals surface area contributed by atoms with Crippen molar-refractivity contribution in [2.24, 2.45) is 4.99 Å². The average Bonchev–Trinajstić information content (AvgIpc) is 1.86. The van der Waals surface area contributed by atoms with Crippen molar-refractivity contribution in [1.82, 2.24) is 3.82 Å². The molecule has 1 heterocycles. The van der Waals surface area contributed by atoms with Gasteiger partial charge in [0.1, 0.15) is 12.2 Å². The quantitative estimate of drug-likeness (QED) is 0.353. The van der Waals surface area contributed by atoms with Crippen LogP contribution in [0.15, 0.2) is 4.99 Å². The van der Waals surface area contributed by atoms with Gasteiger partial charge in [0.05, 0.1) is 0 Å². The Kier molecular flexibility index (Phi) is 1.22. The van der Waals surface area contributed by atoms with Gasteiger partial charge in [0.25, 0.3) is 0 Å². The molecular weight excluding hydrogens is 120 g/mol. The smallest absolute Gasteiger partial charge is 0.113 e. The van der Waals surface area contributed by atoms with Crippen LogP contribution >= 0.6 is 23.7 Å². The molecule has 0 aromatic heterocycles. The predicted molar refractivity (Wildman–Crippen MR) is 28.6 cm³/mol. The summed E-state index contributed by atoms with van der Waals surface area (Å²) in [6, 6.07) is 0. The standard InChI is InChI=1S/C2H3ClN2S/c3-5-1-4-2-6-5/h1H,2H2. The molecule has 0 bridgehead atoms. The Morgan fingerprint density at radius 2 is 2.83 bits per heavy atom. The van der Waals surface area contributed by atoms with Gasteiger partial charge in [-0.2, -0.15) is 0 Å². The van der Waals surface area contributed by atoms with Gasteiger partial charge in [-0.1, -0.05) is 0 Å². The molecule has 1 aliphatic heterocycles. The fraction of sp³-hybridized carbons (Fsp3) is 0.500. The van der Waals surface area contributed by atoms with Crippen molar-refractivity contribution in [3.8, 4) is 0 Å². The minimum absolute atomic E-state index is 0.767. The molecule has 0 fully saturated rings. The van der Waals surface area contributed by atoms with Crippen LogP contribution in [-0.4, -0.2) is 16.0 Å². The largest absolute Gasteiger partial charge is 0.261 e. The molecule has 2 nitrogen and oxygen atoms in total. The van der Waals surface area contributed by atoms with Gasteiger partial charge in [0.15, 0.2) is 0 Å². The highest BCUT2D eigenvalue weighted by atomic mass is 35.5. The number of rotatable bonds is 0. The molecule has 0 atom stereocenters. The molecule has 0 radical (unpaired) electrons. The summed E-state index contributed by atoms with van der Waals surface area (Å²) in [5.74, 6) is 0.767. The Bertz CT molecular complexity index is 73.9. The first kappa shape index (κ1) is 4.27. The van der Waals surface area contributed by atoms with Gasteiger partial charge in [-0.25, -0.2) is 3.82 Å². The van der Waals surface area contributed by atoms with E-state index < -0.39 is 0 Å². The predicted octanol–water partition coefficient (Wildman–Crippen LogP) is 1.09. The van der Waals surface area contributed by atoms with Crippen LogP contribution in [-0.2, 0) is 0 Å². The monoisotopic (exact) mass is 122 g/mol. The molecule has 0 saturated heterocycles. The molecule has 0 N–H and O–H groups in total. The summed E-state index contributed by atoms with van der Waals surface area (Å²) < 4.78 is 1.46. The number of hydrogen-bond donors (Lipinski definition) is 0. The maximum Gasteiger partial charge on any atom is 0.113 e. The van der Waals surface area contributed by atoms with Crippen molar-refractivity contribution in [1.29, 1.82) is 0 Å². The summed E-state index contributed by atoms with van der Waals surface area (Å²) in [6.45, 7) is 0. The molecule has 0 unspecified atom stereocenters. The van der Waals surface area contributed by atoms with Gasteiger partial charge in [-0.05, 0) is 11.9 Å². The lowest BCUT2D eigenvalue weighted by atomic mass is 11.3. The summed E-state index contributed by atoms with van der Waals surface area (Å²) >= 11 is 6.83. The molecule has 0 spiro atoms. The molecule has 1 aliphatic rings. The Morgan fingerprint density at radius 3 is 3.00 bits per heavy atom. The number of hydrogen-bond acceptors (Lipinski definition) is 3. The zero-order valence-electron chi connectivity index (χ0n) is 2.97. The summed E-state index contributed by atoms with van der Waals surface area (Å²) in [7, 11) is 0. The lowest BCUT2D eigenvalue weighted by molar-refractivity contribution is 1.18. The summed E-state index contributed by atoms with van der Waals surface area (Å²) in [6.07, 6.45) is 1.59. The van der Waals surface area contributed by atoms with E-state index >= 15 is 0 Å². The van der Waals surface area contributed by atoms with E-state index in [-0.39, 0.29) is 0 Å². The molecule has 1 rings (SSSR count). The van der Waals surface area contributed by atoms with E-state index in [1.165, 1.54) is 15.8 Å². The van der Waals surface area contributed by atoms with Crippen LogP contribution in [0.3, 0.4) is 0 Å². The fourth-order valence-electron chi connectivity index (χ4n) is 0.219. The van der Waals surface area contributed by atoms with Crippen LogP contribution in [0.1, 0.15) is 0 Å². The van der Waals surface area contributed by atoms with Crippen LogP contribution in [0, 0.1) is 0 Å². The van der Waals surface area contributed by atoms with Crippen molar-refractivity contribution in [2.45, 2.75) is 0 Å². The topological polar surface area (TPSA) is 15.6 Å². The summed E-state index contributed by atoms with van der Waals surface area (Å²) in [5, 5.41) is 0. The highest BCUT2D eigenvalue weighted by molar-refractivity contribution is 7.98. The Balaban J connectivity index is 2.38. The fourth-order valence-corrected chi connectivity index (χ4v) is 0.789. The number of halogens is 1. The summed E-state index contributed by atoms with van der Waals surface area (Å²) in [4.78, 5) is 3.80. The van der Waals surface area contributed by atoms with E-state index in [9.17, 15) is 0 Å². The Hall–Kier alpha value is 0.110. The highest BCUT2D eigenvalue weighted by Gasteiger charge is 1.98. The second-order valence-corrected chi connectivity index (χ2v) is 2.30. The normalized spacial score (nSPS) is 19.8. The van der Waals surface area contributed by atoms with Crippen molar-refractivity contribution < 1.29 is 0 Å². The first-order valence-corrected chi connectivity index (χ1v) is 2.75. The number of nitrogens with zero attached hydrogens (tertiary/aromatic N) is 2. The van der Waals surface area contributed by atoms with Crippen LogP contribution in [0.4, 0.5) is 0 Å². The van der Waals surface area contributed by atoms with E-state index in [1.54, 1.807) is 6.34 Å². The maximum atomic E-state index is 5.36. The first-order chi connectivity index (χ1) is 2.89. The first-order valence-electron chi connectivity index (χ1n) is 1.47. The minimum Gasteiger partial charge on any atom is -0.261 e. The second kappa shape index (κ2) is 1.71. The zero-order valence-corrected chi connectivity index (χ0v) is 4.54. The van der Waals surface area contributed by atoms with Crippen molar-refractivity contribution in [3.63, 3.8) is 0 Å². The van der Waals surface area contributed by atoms with Crippen molar-refractivity contribution >= 4 is 30.1 Å². The van der Waals surface area contributed by atoms with Gasteiger partial charge in [-0.3, -0.25) is 4.99 Å². The van der Waals surface area contributed by atoms with Crippen molar-refractivity contribution in [3.05, 3.63) is 0 Å². The average molecular weight is 123 g/mol.